The number of anilines is 2. The molecule has 0 saturated heterocycles. The largest absolute Gasteiger partial charge is 0.364 e. The number of allylic oxidation sites excluding steroid dienone is 1. The van der Waals surface area contributed by atoms with Crippen molar-refractivity contribution in [2.75, 3.05) is 17.7 Å². The van der Waals surface area contributed by atoms with Crippen LogP contribution in [0.4, 0.5) is 11.8 Å². The van der Waals surface area contributed by atoms with E-state index in [1.54, 1.807) is 11.8 Å². The first-order valence-electron chi connectivity index (χ1n) is 11.4. The zero-order valence-corrected chi connectivity index (χ0v) is 20.5. The number of H-pyrrole nitrogens is 1. The predicted octanol–water partition coefficient (Wildman–Crippen LogP) is 6.57. The SMILES string of the molecule is C=C/C1=C\c2cc(ccc2C(C)C)-c2c[nH]c3nc(NC)nc(c23)NCc2cc(ccn2)CS1. The second-order valence-corrected chi connectivity index (χ2v) is 9.67. The normalized spacial score (nSPS) is 15.1. The van der Waals surface area contributed by atoms with Gasteiger partial charge in [0.2, 0.25) is 5.95 Å². The van der Waals surface area contributed by atoms with Gasteiger partial charge in [-0.2, -0.15) is 9.97 Å². The summed E-state index contributed by atoms with van der Waals surface area (Å²) in [6.07, 6.45) is 8.09. The Balaban J connectivity index is 1.76. The maximum Gasteiger partial charge on any atom is 0.226 e. The van der Waals surface area contributed by atoms with E-state index in [-0.39, 0.29) is 0 Å². The van der Waals surface area contributed by atoms with Gasteiger partial charge in [0.1, 0.15) is 11.5 Å². The number of nitrogens with zero attached hydrogens (tertiary/aromatic N) is 3. The Kier molecular flexibility index (Phi) is 6.11. The van der Waals surface area contributed by atoms with Gasteiger partial charge in [-0.15, -0.1) is 11.8 Å². The minimum Gasteiger partial charge on any atom is -0.364 e. The van der Waals surface area contributed by atoms with Crippen LogP contribution in [0.1, 0.15) is 42.1 Å². The molecule has 1 aliphatic heterocycles. The highest BCUT2D eigenvalue weighted by atomic mass is 32.2. The predicted molar refractivity (Wildman–Crippen MR) is 144 cm³/mol. The van der Waals surface area contributed by atoms with Crippen LogP contribution in [0.5, 0.6) is 0 Å². The molecule has 34 heavy (non-hydrogen) atoms. The molecule has 0 saturated carbocycles. The Morgan fingerprint density at radius 3 is 2.85 bits per heavy atom. The lowest BCUT2D eigenvalue weighted by Gasteiger charge is -2.14. The highest BCUT2D eigenvalue weighted by Crippen LogP contribution is 2.36. The first-order valence-corrected chi connectivity index (χ1v) is 12.4. The van der Waals surface area contributed by atoms with E-state index in [1.165, 1.54) is 16.7 Å². The quantitative estimate of drug-likeness (QED) is 0.316. The minimum atomic E-state index is 0.405. The lowest BCUT2D eigenvalue weighted by Crippen LogP contribution is -2.07. The molecule has 1 aromatic carbocycles. The second-order valence-electron chi connectivity index (χ2n) is 8.62. The van der Waals surface area contributed by atoms with Crippen LogP contribution in [-0.4, -0.2) is 27.0 Å². The fourth-order valence-corrected chi connectivity index (χ4v) is 5.10. The zero-order chi connectivity index (χ0) is 23.7. The third-order valence-corrected chi connectivity index (χ3v) is 7.09. The molecule has 4 aromatic rings. The lowest BCUT2D eigenvalue weighted by molar-refractivity contribution is 0.864. The molecular weight excluding hydrogens is 440 g/mol. The molecule has 3 aromatic heterocycles. The van der Waals surface area contributed by atoms with Crippen molar-refractivity contribution in [3.63, 3.8) is 0 Å². The Morgan fingerprint density at radius 2 is 2.06 bits per heavy atom. The van der Waals surface area contributed by atoms with E-state index in [0.717, 1.165) is 44.3 Å². The van der Waals surface area contributed by atoms with Crippen LogP contribution in [-0.2, 0) is 12.3 Å². The van der Waals surface area contributed by atoms with Gasteiger partial charge in [-0.1, -0.05) is 38.6 Å². The van der Waals surface area contributed by atoms with Gasteiger partial charge < -0.3 is 15.6 Å². The van der Waals surface area contributed by atoms with Crippen molar-refractivity contribution >= 4 is 40.6 Å². The topological polar surface area (TPSA) is 78.5 Å². The van der Waals surface area contributed by atoms with Gasteiger partial charge in [0.25, 0.3) is 0 Å². The number of fused-ring (bicyclic) bond motifs is 5. The Hall–Kier alpha value is -3.58. The average Bonchev–Trinajstić information content (AvgIpc) is 3.28. The van der Waals surface area contributed by atoms with E-state index < -0.39 is 0 Å². The summed E-state index contributed by atoms with van der Waals surface area (Å²) in [6, 6.07) is 10.9. The minimum absolute atomic E-state index is 0.405. The van der Waals surface area contributed by atoms with Crippen molar-refractivity contribution in [1.82, 2.24) is 19.9 Å². The van der Waals surface area contributed by atoms with Crippen LogP contribution in [0.25, 0.3) is 28.2 Å². The van der Waals surface area contributed by atoms with Crippen molar-refractivity contribution in [2.24, 2.45) is 0 Å². The maximum atomic E-state index is 4.75. The average molecular weight is 469 g/mol. The highest BCUT2D eigenvalue weighted by Gasteiger charge is 2.17. The fraction of sp³-hybridized carbons (Fsp3) is 0.222. The van der Waals surface area contributed by atoms with Gasteiger partial charge >= 0.3 is 0 Å². The maximum absolute atomic E-state index is 4.75. The van der Waals surface area contributed by atoms with Crippen LogP contribution in [0.2, 0.25) is 0 Å². The first-order chi connectivity index (χ1) is 16.6. The molecule has 4 heterocycles. The third kappa shape index (κ3) is 4.31. The summed E-state index contributed by atoms with van der Waals surface area (Å²) < 4.78 is 0. The number of hydrogen-bond donors (Lipinski definition) is 3. The van der Waals surface area contributed by atoms with Crippen molar-refractivity contribution in [2.45, 2.75) is 32.1 Å². The third-order valence-electron chi connectivity index (χ3n) is 6.00. The molecule has 172 valence electrons. The van der Waals surface area contributed by atoms with Gasteiger partial charge in [0.15, 0.2) is 0 Å². The molecule has 0 aliphatic carbocycles. The molecule has 0 atom stereocenters. The molecule has 0 spiro atoms. The Morgan fingerprint density at radius 1 is 1.18 bits per heavy atom. The summed E-state index contributed by atoms with van der Waals surface area (Å²) in [5, 5.41) is 7.55. The van der Waals surface area contributed by atoms with E-state index in [4.69, 9.17) is 4.98 Å². The molecule has 4 bridgehead atoms. The molecule has 5 rings (SSSR count). The van der Waals surface area contributed by atoms with E-state index in [9.17, 15) is 0 Å². The number of pyridine rings is 1. The molecule has 7 heteroatoms. The molecule has 1 aliphatic rings. The molecule has 0 radical (unpaired) electrons. The van der Waals surface area contributed by atoms with Gasteiger partial charge in [-0.25, -0.2) is 0 Å². The summed E-state index contributed by atoms with van der Waals surface area (Å²) >= 11 is 1.79. The number of nitrogens with one attached hydrogen (secondary N) is 3. The molecule has 0 fully saturated rings. The van der Waals surface area contributed by atoms with Crippen molar-refractivity contribution in [3.05, 3.63) is 82.7 Å². The number of hydrogen-bond acceptors (Lipinski definition) is 6. The first kappa shape index (κ1) is 22.2. The van der Waals surface area contributed by atoms with Crippen molar-refractivity contribution in [1.29, 1.82) is 0 Å². The molecule has 0 amide bonds. The summed E-state index contributed by atoms with van der Waals surface area (Å²) in [5.41, 5.74) is 7.68. The molecule has 6 nitrogen and oxygen atoms in total. The van der Waals surface area contributed by atoms with Gasteiger partial charge in [0, 0.05) is 35.7 Å². The molecular formula is C27H28N6S. The van der Waals surface area contributed by atoms with Gasteiger partial charge in [-0.05, 0) is 52.4 Å². The van der Waals surface area contributed by atoms with E-state index in [2.05, 4.69) is 82.4 Å². The van der Waals surface area contributed by atoms with Gasteiger partial charge in [0.05, 0.1) is 17.6 Å². The summed E-state index contributed by atoms with van der Waals surface area (Å²) in [6.45, 7) is 9.11. The standard InChI is InChI=1S/C27H28N6S/c1-5-21-12-19-11-18(6-7-22(19)16(2)3)23-14-31-26-24(23)25(32-27(28-4)33-26)30-13-20-10-17(15-34-21)8-9-29-20/h5-12,14,16H,1,13,15H2,2-4H3,(H3,28,30,31,32,33)/b21-12+. The number of aromatic nitrogens is 4. The Bertz CT molecular complexity index is 1400. The van der Waals surface area contributed by atoms with Crippen LogP contribution in [0, 0.1) is 0 Å². The second kappa shape index (κ2) is 9.35. The zero-order valence-electron chi connectivity index (χ0n) is 19.6. The summed E-state index contributed by atoms with van der Waals surface area (Å²) in [7, 11) is 1.83. The lowest BCUT2D eigenvalue weighted by atomic mass is 9.93. The van der Waals surface area contributed by atoms with E-state index >= 15 is 0 Å². The van der Waals surface area contributed by atoms with E-state index in [0.29, 0.717) is 18.4 Å². The highest BCUT2D eigenvalue weighted by molar-refractivity contribution is 8.02. The van der Waals surface area contributed by atoms with Crippen molar-refractivity contribution in [3.8, 4) is 11.1 Å². The summed E-state index contributed by atoms with van der Waals surface area (Å²) in [5.74, 6) is 2.60. The van der Waals surface area contributed by atoms with Crippen LogP contribution >= 0.6 is 11.8 Å². The number of benzene rings is 1. The monoisotopic (exact) mass is 468 g/mol. The molecule has 0 unspecified atom stereocenters. The van der Waals surface area contributed by atoms with Gasteiger partial charge in [-0.3, -0.25) is 4.98 Å². The Labute approximate surface area is 204 Å². The number of aromatic amines is 1. The van der Waals surface area contributed by atoms with Crippen LogP contribution < -0.4 is 10.6 Å². The van der Waals surface area contributed by atoms with Crippen molar-refractivity contribution < 1.29 is 0 Å². The van der Waals surface area contributed by atoms with Crippen LogP contribution in [0.3, 0.4) is 0 Å². The van der Waals surface area contributed by atoms with E-state index in [1.807, 2.05) is 25.5 Å². The summed E-state index contributed by atoms with van der Waals surface area (Å²) in [4.78, 5) is 18.5. The van der Waals surface area contributed by atoms with Crippen LogP contribution in [0.15, 0.2) is 60.3 Å². The number of thioether (sulfide) groups is 1. The molecule has 3 N–H and O–H groups in total. The number of rotatable bonds is 3. The fourth-order valence-electron chi connectivity index (χ4n) is 4.26. The smallest absolute Gasteiger partial charge is 0.226 e.